The molecule has 6 nitrogen and oxygen atoms in total. The molecule has 0 spiro atoms. The molecule has 2 aromatic rings. The molecule has 6 heteroatoms. The standard InChI is InChI=1S/C22H28O6/c1-6-7-13-10-14(23)18-15(25-2)9-8-12-11-16(26-3)21(27-4)22(28-5)17(12)19(18)20(13)24/h10-11,15,23-24H,6-9H2,1-5H3. The van der Waals surface area contributed by atoms with Crippen molar-refractivity contribution in [3.8, 4) is 39.9 Å². The van der Waals surface area contributed by atoms with Crippen molar-refractivity contribution < 1.29 is 29.2 Å². The number of methoxy groups -OCH3 is 4. The topological polar surface area (TPSA) is 77.4 Å². The first-order valence-corrected chi connectivity index (χ1v) is 9.44. The summed E-state index contributed by atoms with van der Waals surface area (Å²) in [5.41, 5.74) is 3.46. The molecule has 1 unspecified atom stereocenters. The van der Waals surface area contributed by atoms with Crippen LogP contribution >= 0.6 is 0 Å². The van der Waals surface area contributed by atoms with E-state index in [1.807, 2.05) is 13.0 Å². The minimum atomic E-state index is -0.356. The molecule has 1 atom stereocenters. The molecule has 1 aliphatic carbocycles. The van der Waals surface area contributed by atoms with Crippen molar-refractivity contribution in [2.75, 3.05) is 28.4 Å². The van der Waals surface area contributed by atoms with Crippen molar-refractivity contribution in [3.63, 3.8) is 0 Å². The molecule has 0 bridgehead atoms. The molecule has 0 heterocycles. The van der Waals surface area contributed by atoms with Crippen LogP contribution in [0.2, 0.25) is 0 Å². The van der Waals surface area contributed by atoms with Crippen LogP contribution in [0.1, 0.15) is 42.6 Å². The van der Waals surface area contributed by atoms with Gasteiger partial charge >= 0.3 is 0 Å². The van der Waals surface area contributed by atoms with Gasteiger partial charge in [-0.15, -0.1) is 0 Å². The second kappa shape index (κ2) is 8.19. The summed E-state index contributed by atoms with van der Waals surface area (Å²) in [5.74, 6) is 1.74. The Morgan fingerprint density at radius 3 is 2.25 bits per heavy atom. The fourth-order valence-electron chi connectivity index (χ4n) is 4.11. The maximum Gasteiger partial charge on any atom is 0.203 e. The Hall–Kier alpha value is -2.60. The van der Waals surface area contributed by atoms with Gasteiger partial charge in [0.25, 0.3) is 0 Å². The highest BCUT2D eigenvalue weighted by Crippen LogP contribution is 2.55. The smallest absolute Gasteiger partial charge is 0.203 e. The molecule has 152 valence electrons. The normalized spacial score (nSPS) is 15.4. The van der Waals surface area contributed by atoms with Crippen LogP contribution in [-0.4, -0.2) is 38.7 Å². The molecule has 0 fully saturated rings. The molecular formula is C22H28O6. The zero-order valence-electron chi connectivity index (χ0n) is 17.1. The molecule has 2 aromatic carbocycles. The highest BCUT2D eigenvalue weighted by molar-refractivity contribution is 5.88. The summed E-state index contributed by atoms with van der Waals surface area (Å²) in [7, 11) is 6.30. The molecule has 2 N–H and O–H groups in total. The third-order valence-electron chi connectivity index (χ3n) is 5.36. The summed E-state index contributed by atoms with van der Waals surface area (Å²) in [6.07, 6.45) is 2.45. The van der Waals surface area contributed by atoms with E-state index in [2.05, 4.69) is 0 Å². The van der Waals surface area contributed by atoms with E-state index in [0.717, 1.165) is 12.0 Å². The van der Waals surface area contributed by atoms with Crippen LogP contribution in [0.25, 0.3) is 11.1 Å². The number of ether oxygens (including phenoxy) is 4. The van der Waals surface area contributed by atoms with E-state index < -0.39 is 0 Å². The van der Waals surface area contributed by atoms with E-state index >= 15 is 0 Å². The lowest BCUT2D eigenvalue weighted by Crippen LogP contribution is -2.04. The number of rotatable bonds is 6. The molecule has 0 saturated carbocycles. The number of aryl methyl sites for hydroxylation is 2. The summed E-state index contributed by atoms with van der Waals surface area (Å²) in [4.78, 5) is 0. The van der Waals surface area contributed by atoms with Gasteiger partial charge < -0.3 is 29.2 Å². The molecule has 0 radical (unpaired) electrons. The lowest BCUT2D eigenvalue weighted by atomic mass is 9.89. The van der Waals surface area contributed by atoms with E-state index in [9.17, 15) is 10.2 Å². The molecular weight excluding hydrogens is 360 g/mol. The molecule has 1 aliphatic rings. The highest BCUT2D eigenvalue weighted by atomic mass is 16.5. The number of hydrogen-bond acceptors (Lipinski definition) is 6. The molecule has 0 aliphatic heterocycles. The van der Waals surface area contributed by atoms with Crippen molar-refractivity contribution in [1.82, 2.24) is 0 Å². The van der Waals surface area contributed by atoms with Crippen LogP contribution in [0, 0.1) is 0 Å². The monoisotopic (exact) mass is 388 g/mol. The molecule has 28 heavy (non-hydrogen) atoms. The van der Waals surface area contributed by atoms with Gasteiger partial charge in [0.15, 0.2) is 11.5 Å². The van der Waals surface area contributed by atoms with Gasteiger partial charge in [-0.25, -0.2) is 0 Å². The fraction of sp³-hybridized carbons (Fsp3) is 0.455. The first kappa shape index (κ1) is 20.1. The maximum atomic E-state index is 11.2. The van der Waals surface area contributed by atoms with Crippen LogP contribution in [-0.2, 0) is 17.6 Å². The Bertz CT molecular complexity index is 874. The Morgan fingerprint density at radius 2 is 1.68 bits per heavy atom. The van der Waals surface area contributed by atoms with Gasteiger partial charge in [0.05, 0.1) is 27.4 Å². The first-order valence-electron chi connectivity index (χ1n) is 9.44. The SMILES string of the molecule is CCCc1cc(O)c2c(c1O)-c1c(cc(OC)c(OC)c1OC)CCC2OC. The van der Waals surface area contributed by atoms with Crippen LogP contribution in [0.5, 0.6) is 28.7 Å². The Kier molecular flexibility index (Phi) is 5.89. The number of hydrogen-bond donors (Lipinski definition) is 2. The van der Waals surface area contributed by atoms with Crippen LogP contribution in [0.15, 0.2) is 12.1 Å². The van der Waals surface area contributed by atoms with E-state index in [0.29, 0.717) is 58.8 Å². The van der Waals surface area contributed by atoms with Gasteiger partial charge in [-0.05, 0) is 42.5 Å². The zero-order valence-corrected chi connectivity index (χ0v) is 17.1. The van der Waals surface area contributed by atoms with Crippen molar-refractivity contribution in [2.45, 2.75) is 38.7 Å². The van der Waals surface area contributed by atoms with Gasteiger partial charge in [0.1, 0.15) is 11.5 Å². The molecule has 0 aromatic heterocycles. The predicted octanol–water partition coefficient (Wildman–Crippen LogP) is 4.38. The third kappa shape index (κ3) is 3.11. The predicted molar refractivity (Wildman–Crippen MR) is 107 cm³/mol. The van der Waals surface area contributed by atoms with E-state index in [1.165, 1.54) is 0 Å². The largest absolute Gasteiger partial charge is 0.508 e. The van der Waals surface area contributed by atoms with Crippen molar-refractivity contribution in [3.05, 3.63) is 28.8 Å². The number of fused-ring (bicyclic) bond motifs is 3. The van der Waals surface area contributed by atoms with Gasteiger partial charge in [-0.3, -0.25) is 0 Å². The van der Waals surface area contributed by atoms with Gasteiger partial charge in [0, 0.05) is 23.8 Å². The second-order valence-electron chi connectivity index (χ2n) is 6.88. The number of phenolic OH excluding ortho intramolecular Hbond substituents is 2. The minimum Gasteiger partial charge on any atom is -0.508 e. The summed E-state index contributed by atoms with van der Waals surface area (Å²) in [6, 6.07) is 3.55. The Labute approximate surface area is 165 Å². The summed E-state index contributed by atoms with van der Waals surface area (Å²) < 4.78 is 22.4. The van der Waals surface area contributed by atoms with E-state index in [4.69, 9.17) is 18.9 Å². The first-order chi connectivity index (χ1) is 13.5. The Balaban J connectivity index is 2.46. The van der Waals surface area contributed by atoms with Crippen molar-refractivity contribution >= 4 is 0 Å². The van der Waals surface area contributed by atoms with Crippen molar-refractivity contribution in [1.29, 1.82) is 0 Å². The molecule has 0 amide bonds. The zero-order chi connectivity index (χ0) is 20.4. The van der Waals surface area contributed by atoms with Gasteiger partial charge in [-0.1, -0.05) is 13.3 Å². The quantitative estimate of drug-likeness (QED) is 0.715. The summed E-state index contributed by atoms with van der Waals surface area (Å²) in [6.45, 7) is 2.03. The summed E-state index contributed by atoms with van der Waals surface area (Å²) in [5, 5.41) is 22.0. The van der Waals surface area contributed by atoms with Crippen LogP contribution in [0.3, 0.4) is 0 Å². The molecule has 0 saturated heterocycles. The number of benzene rings is 2. The Morgan fingerprint density at radius 1 is 0.964 bits per heavy atom. The third-order valence-corrected chi connectivity index (χ3v) is 5.36. The lowest BCUT2D eigenvalue weighted by molar-refractivity contribution is 0.0947. The van der Waals surface area contributed by atoms with E-state index in [-0.39, 0.29) is 17.6 Å². The minimum absolute atomic E-state index is 0.118. The summed E-state index contributed by atoms with van der Waals surface area (Å²) >= 11 is 0. The van der Waals surface area contributed by atoms with Gasteiger partial charge in [0.2, 0.25) is 5.75 Å². The molecule has 3 rings (SSSR count). The number of phenols is 2. The van der Waals surface area contributed by atoms with Crippen LogP contribution < -0.4 is 14.2 Å². The average Bonchev–Trinajstić information content (AvgIpc) is 2.87. The fourth-order valence-corrected chi connectivity index (χ4v) is 4.11. The van der Waals surface area contributed by atoms with Crippen molar-refractivity contribution in [2.24, 2.45) is 0 Å². The lowest BCUT2D eigenvalue weighted by Gasteiger charge is -2.23. The highest BCUT2D eigenvalue weighted by Gasteiger charge is 2.33. The van der Waals surface area contributed by atoms with Gasteiger partial charge in [-0.2, -0.15) is 0 Å². The maximum absolute atomic E-state index is 11.2. The van der Waals surface area contributed by atoms with Crippen LogP contribution in [0.4, 0.5) is 0 Å². The van der Waals surface area contributed by atoms with E-state index in [1.54, 1.807) is 34.5 Å². The number of aromatic hydroxyl groups is 2. The second-order valence-corrected chi connectivity index (χ2v) is 6.88. The average molecular weight is 388 g/mol.